The lowest BCUT2D eigenvalue weighted by molar-refractivity contribution is -0.136. The van der Waals surface area contributed by atoms with E-state index in [0.29, 0.717) is 12.1 Å². The minimum atomic E-state index is -0.987. The van der Waals surface area contributed by atoms with Gasteiger partial charge in [0.25, 0.3) is 17.7 Å². The third-order valence-corrected chi connectivity index (χ3v) is 7.06. The van der Waals surface area contributed by atoms with E-state index >= 15 is 0 Å². The van der Waals surface area contributed by atoms with Crippen molar-refractivity contribution in [3.05, 3.63) is 65.0 Å². The summed E-state index contributed by atoms with van der Waals surface area (Å²) in [6, 6.07) is 9.54. The van der Waals surface area contributed by atoms with Crippen LogP contribution in [0.25, 0.3) is 0 Å². The molecule has 0 radical (unpaired) electrons. The van der Waals surface area contributed by atoms with Gasteiger partial charge < -0.3 is 10.2 Å². The molecule has 1 unspecified atom stereocenters. The molecule has 0 spiro atoms. The van der Waals surface area contributed by atoms with Crippen molar-refractivity contribution < 1.29 is 28.4 Å². The Morgan fingerprint density at radius 1 is 0.944 bits per heavy atom. The van der Waals surface area contributed by atoms with Gasteiger partial charge in [-0.2, -0.15) is 0 Å². The van der Waals surface area contributed by atoms with E-state index in [9.17, 15) is 28.4 Å². The fraction of sp³-hybridized carbons (Fsp3) is 0.346. The minimum Gasteiger partial charge on any atom is -0.371 e. The predicted octanol–water partition coefficient (Wildman–Crippen LogP) is 1.87. The van der Waals surface area contributed by atoms with Gasteiger partial charge in [0, 0.05) is 37.3 Å². The number of halogens is 1. The molecule has 5 amide bonds. The SMILES string of the molecule is O=C1CCC(N2C(=O)c3ccc(N4CCC(CNC(=O)c5ccc(F)cc5)CC4)cc3C2=O)C(=O)N1. The number of nitrogens with zero attached hydrogens (tertiary/aromatic N) is 2. The van der Waals surface area contributed by atoms with Crippen LogP contribution in [0.1, 0.15) is 56.8 Å². The summed E-state index contributed by atoms with van der Waals surface area (Å²) in [5.74, 6) is -2.43. The van der Waals surface area contributed by atoms with Gasteiger partial charge in [0.2, 0.25) is 11.8 Å². The van der Waals surface area contributed by atoms with Crippen LogP contribution in [0, 0.1) is 11.7 Å². The molecule has 186 valence electrons. The van der Waals surface area contributed by atoms with Crippen LogP contribution in [0.3, 0.4) is 0 Å². The predicted molar refractivity (Wildman–Crippen MR) is 127 cm³/mol. The molecule has 36 heavy (non-hydrogen) atoms. The molecule has 2 N–H and O–H groups in total. The van der Waals surface area contributed by atoms with Crippen molar-refractivity contribution in [3.8, 4) is 0 Å². The first-order valence-electron chi connectivity index (χ1n) is 12.0. The number of fused-ring (bicyclic) bond motifs is 1. The summed E-state index contributed by atoms with van der Waals surface area (Å²) in [5.41, 5.74) is 1.74. The van der Waals surface area contributed by atoms with Gasteiger partial charge in [0.1, 0.15) is 11.9 Å². The first-order valence-corrected chi connectivity index (χ1v) is 12.0. The van der Waals surface area contributed by atoms with Gasteiger partial charge in [0.05, 0.1) is 11.1 Å². The maximum atomic E-state index is 13.1. The van der Waals surface area contributed by atoms with Crippen molar-refractivity contribution in [1.82, 2.24) is 15.5 Å². The number of amides is 5. The lowest BCUT2D eigenvalue weighted by Crippen LogP contribution is -2.54. The summed E-state index contributed by atoms with van der Waals surface area (Å²) < 4.78 is 13.0. The van der Waals surface area contributed by atoms with Crippen LogP contribution in [0.4, 0.5) is 10.1 Å². The standard InChI is InChI=1S/C26H25FN4O5/c27-17-3-1-16(2-4-17)23(33)28-14-15-9-11-30(12-10-15)18-5-6-19-20(13-18)26(36)31(25(19)35)21-7-8-22(32)29-24(21)34/h1-6,13,15,21H,7-12,14H2,(H,28,33)(H,29,32,34). The molecule has 3 aliphatic heterocycles. The first kappa shape index (κ1) is 23.7. The Morgan fingerprint density at radius 3 is 2.33 bits per heavy atom. The average molecular weight is 493 g/mol. The van der Waals surface area contributed by atoms with Crippen molar-refractivity contribution in [2.45, 2.75) is 31.7 Å². The molecule has 9 nitrogen and oxygen atoms in total. The Kier molecular flexibility index (Phi) is 6.26. The number of hydrogen-bond donors (Lipinski definition) is 2. The normalized spacial score (nSPS) is 20.4. The third-order valence-electron chi connectivity index (χ3n) is 7.06. The molecule has 2 aromatic carbocycles. The summed E-state index contributed by atoms with van der Waals surface area (Å²) in [7, 11) is 0. The Bertz CT molecular complexity index is 1250. The Hall–Kier alpha value is -4.08. The van der Waals surface area contributed by atoms with E-state index in [2.05, 4.69) is 15.5 Å². The smallest absolute Gasteiger partial charge is 0.262 e. The van der Waals surface area contributed by atoms with E-state index in [0.717, 1.165) is 36.5 Å². The van der Waals surface area contributed by atoms with Crippen molar-refractivity contribution in [2.75, 3.05) is 24.5 Å². The zero-order valence-electron chi connectivity index (χ0n) is 19.5. The van der Waals surface area contributed by atoms with E-state index in [4.69, 9.17) is 0 Å². The fourth-order valence-electron chi connectivity index (χ4n) is 4.99. The molecular formula is C26H25FN4O5. The van der Waals surface area contributed by atoms with Crippen molar-refractivity contribution in [1.29, 1.82) is 0 Å². The highest BCUT2D eigenvalue weighted by atomic mass is 19.1. The quantitative estimate of drug-likeness (QED) is 0.616. The second-order valence-electron chi connectivity index (χ2n) is 9.32. The first-order chi connectivity index (χ1) is 17.3. The number of nitrogens with one attached hydrogen (secondary N) is 2. The summed E-state index contributed by atoms with van der Waals surface area (Å²) in [6.07, 6.45) is 1.86. The van der Waals surface area contributed by atoms with Gasteiger partial charge >= 0.3 is 0 Å². The monoisotopic (exact) mass is 492 g/mol. The molecule has 1 atom stereocenters. The number of anilines is 1. The molecule has 0 saturated carbocycles. The Morgan fingerprint density at radius 2 is 1.64 bits per heavy atom. The van der Waals surface area contributed by atoms with Crippen LogP contribution >= 0.6 is 0 Å². The summed E-state index contributed by atoms with van der Waals surface area (Å²) in [6.45, 7) is 1.95. The van der Waals surface area contributed by atoms with Crippen LogP contribution in [-0.4, -0.2) is 60.1 Å². The van der Waals surface area contributed by atoms with Gasteiger partial charge in [-0.25, -0.2) is 4.39 Å². The van der Waals surface area contributed by atoms with Crippen LogP contribution in [0.5, 0.6) is 0 Å². The van der Waals surface area contributed by atoms with Crippen LogP contribution < -0.4 is 15.5 Å². The Labute approximate surface area is 206 Å². The molecule has 3 heterocycles. The Balaban J connectivity index is 1.19. The van der Waals surface area contributed by atoms with Gasteiger partial charge in [-0.3, -0.25) is 34.2 Å². The molecule has 3 aliphatic rings. The average Bonchev–Trinajstić information content (AvgIpc) is 3.12. The maximum Gasteiger partial charge on any atom is 0.262 e. The lowest BCUT2D eigenvalue weighted by Gasteiger charge is -2.34. The number of piperidine rings is 2. The molecule has 5 rings (SSSR count). The molecule has 2 aromatic rings. The summed E-state index contributed by atoms with van der Waals surface area (Å²) in [5, 5.41) is 5.10. The molecule has 0 aliphatic carbocycles. The zero-order valence-corrected chi connectivity index (χ0v) is 19.5. The van der Waals surface area contributed by atoms with Crippen LogP contribution in [0.15, 0.2) is 42.5 Å². The second kappa shape index (κ2) is 9.52. The van der Waals surface area contributed by atoms with Crippen molar-refractivity contribution in [2.24, 2.45) is 5.92 Å². The van der Waals surface area contributed by atoms with Crippen molar-refractivity contribution in [3.63, 3.8) is 0 Å². The van der Waals surface area contributed by atoms with Crippen molar-refractivity contribution >= 4 is 35.2 Å². The fourth-order valence-corrected chi connectivity index (χ4v) is 4.99. The topological polar surface area (TPSA) is 116 Å². The number of rotatable bonds is 5. The van der Waals surface area contributed by atoms with Crippen LogP contribution in [0.2, 0.25) is 0 Å². The van der Waals surface area contributed by atoms with E-state index in [1.165, 1.54) is 24.3 Å². The number of benzene rings is 2. The number of carbonyl (C=O) groups excluding carboxylic acids is 5. The molecular weight excluding hydrogens is 467 g/mol. The number of carbonyl (C=O) groups is 5. The van der Waals surface area contributed by atoms with E-state index < -0.39 is 29.7 Å². The summed E-state index contributed by atoms with van der Waals surface area (Å²) >= 11 is 0. The van der Waals surface area contributed by atoms with Gasteiger partial charge in [0.15, 0.2) is 0 Å². The molecule has 0 bridgehead atoms. The highest BCUT2D eigenvalue weighted by Crippen LogP contribution is 2.32. The molecule has 2 fully saturated rings. The lowest BCUT2D eigenvalue weighted by atomic mass is 9.96. The number of imide groups is 2. The van der Waals surface area contributed by atoms with E-state index in [-0.39, 0.29) is 41.6 Å². The largest absolute Gasteiger partial charge is 0.371 e. The van der Waals surface area contributed by atoms with Gasteiger partial charge in [-0.15, -0.1) is 0 Å². The van der Waals surface area contributed by atoms with Gasteiger partial charge in [-0.1, -0.05) is 0 Å². The maximum absolute atomic E-state index is 13.1. The molecule has 0 aromatic heterocycles. The highest BCUT2D eigenvalue weighted by molar-refractivity contribution is 6.23. The minimum absolute atomic E-state index is 0.0777. The molecule has 2 saturated heterocycles. The zero-order chi connectivity index (χ0) is 25.4. The van der Waals surface area contributed by atoms with Crippen LogP contribution in [-0.2, 0) is 9.59 Å². The third kappa shape index (κ3) is 4.46. The second-order valence-corrected chi connectivity index (χ2v) is 9.32. The molecule has 10 heteroatoms. The summed E-state index contributed by atoms with van der Waals surface area (Å²) in [4.78, 5) is 65.0. The van der Waals surface area contributed by atoms with E-state index in [1.807, 2.05) is 0 Å². The van der Waals surface area contributed by atoms with E-state index in [1.54, 1.807) is 18.2 Å². The highest BCUT2D eigenvalue weighted by Gasteiger charge is 2.44. The van der Waals surface area contributed by atoms with Gasteiger partial charge in [-0.05, 0) is 67.6 Å². The number of hydrogen-bond acceptors (Lipinski definition) is 6.